The Labute approximate surface area is 281 Å². The van der Waals surface area contributed by atoms with Crippen LogP contribution in [0.15, 0.2) is 84.2 Å². The summed E-state index contributed by atoms with van der Waals surface area (Å²) in [6.45, 7) is 4.45. The third kappa shape index (κ3) is 6.71. The van der Waals surface area contributed by atoms with Gasteiger partial charge in [0, 0.05) is 36.4 Å². The minimum absolute atomic E-state index is 0.362. The van der Waals surface area contributed by atoms with Crippen molar-refractivity contribution in [2.45, 2.75) is 85.6 Å². The predicted octanol–water partition coefficient (Wildman–Crippen LogP) is 8.77. The van der Waals surface area contributed by atoms with Gasteiger partial charge in [-0.05, 0) is 68.6 Å². The highest BCUT2D eigenvalue weighted by molar-refractivity contribution is 6.58. The summed E-state index contributed by atoms with van der Waals surface area (Å²) >= 11 is 0. The number of carbonyl (C=O) groups is 1. The van der Waals surface area contributed by atoms with Crippen molar-refractivity contribution in [3.8, 4) is 11.3 Å². The molecule has 2 aromatic carbocycles. The van der Waals surface area contributed by atoms with Crippen LogP contribution in [-0.2, 0) is 11.3 Å². The van der Waals surface area contributed by atoms with Gasteiger partial charge in [0.05, 0.1) is 23.9 Å². The zero-order valence-corrected chi connectivity index (χ0v) is 28.4. The van der Waals surface area contributed by atoms with Crippen LogP contribution >= 0.6 is 0 Å². The Bertz CT molecular complexity index is 1890. The second kappa shape index (κ2) is 14.3. The molecule has 0 saturated carbocycles. The lowest BCUT2D eigenvalue weighted by molar-refractivity contribution is -0.363. The molecule has 0 radical (unpaired) electrons. The van der Waals surface area contributed by atoms with Gasteiger partial charge in [0.25, 0.3) is 0 Å². The molecule has 2 aliphatic heterocycles. The third-order valence-corrected chi connectivity index (χ3v) is 9.47. The van der Waals surface area contributed by atoms with Crippen LogP contribution in [0.1, 0.15) is 98.1 Å². The highest BCUT2D eigenvalue weighted by Crippen LogP contribution is 2.44. The maximum absolute atomic E-state index is 15.9. The van der Waals surface area contributed by atoms with Gasteiger partial charge in [-0.3, -0.25) is 4.68 Å². The van der Waals surface area contributed by atoms with Gasteiger partial charge in [0.1, 0.15) is 11.4 Å². The summed E-state index contributed by atoms with van der Waals surface area (Å²) in [6.07, 6.45) is 12.6. The number of hydrogen-bond donors (Lipinski definition) is 0. The molecule has 2 aromatic heterocycles. The fraction of sp³-hybridized carbons (Fsp3) is 0.368. The highest BCUT2D eigenvalue weighted by Gasteiger charge is 2.55. The number of ether oxygens (including phenoxy) is 1. The number of rotatable bonds is 14. The Morgan fingerprint density at radius 1 is 0.854 bits per heavy atom. The average Bonchev–Trinajstić information content (AvgIpc) is 3.76. The van der Waals surface area contributed by atoms with Gasteiger partial charge >= 0.3 is 12.9 Å². The summed E-state index contributed by atoms with van der Waals surface area (Å²) in [5.74, 6) is -0.362. The van der Waals surface area contributed by atoms with Gasteiger partial charge in [-0.1, -0.05) is 86.2 Å². The molecule has 0 amide bonds. The van der Waals surface area contributed by atoms with Crippen molar-refractivity contribution in [1.82, 2.24) is 19.5 Å². The zero-order chi connectivity index (χ0) is 33.8. The number of aryl methyl sites for hydroxylation is 3. The van der Waals surface area contributed by atoms with Gasteiger partial charge in [0.2, 0.25) is 0 Å². The molecule has 0 atom stereocenters. The van der Waals surface area contributed by atoms with Crippen LogP contribution in [0, 0.1) is 13.8 Å². The normalized spacial score (nSPS) is 15.1. The maximum atomic E-state index is 15.9. The Morgan fingerprint density at radius 3 is 2.23 bits per heavy atom. The summed E-state index contributed by atoms with van der Waals surface area (Å²) in [4.78, 5) is 12.8. The molecule has 48 heavy (non-hydrogen) atoms. The first-order chi connectivity index (χ1) is 23.2. The fourth-order valence-corrected chi connectivity index (χ4v) is 7.18. The maximum Gasteiger partial charge on any atom is 0.737 e. The number of nitrogens with zero attached hydrogens (tertiary/aromatic N) is 5. The van der Waals surface area contributed by atoms with Crippen molar-refractivity contribution < 1.29 is 22.6 Å². The van der Waals surface area contributed by atoms with Crippen molar-refractivity contribution in [2.24, 2.45) is 0 Å². The first-order valence-corrected chi connectivity index (χ1v) is 17.2. The third-order valence-electron chi connectivity index (χ3n) is 9.47. The summed E-state index contributed by atoms with van der Waals surface area (Å²) in [7, 11) is 0. The minimum atomic E-state index is -4.02. The van der Waals surface area contributed by atoms with E-state index >= 15 is 8.63 Å². The summed E-state index contributed by atoms with van der Waals surface area (Å²) in [5, 5.41) is 8.54. The quantitative estimate of drug-likeness (QED) is 0.0777. The molecular weight excluding hydrogens is 607 g/mol. The van der Waals surface area contributed by atoms with Crippen molar-refractivity contribution in [3.63, 3.8) is 0 Å². The van der Waals surface area contributed by atoms with E-state index in [0.717, 1.165) is 65.8 Å². The lowest BCUT2D eigenvalue weighted by Crippen LogP contribution is -2.51. The van der Waals surface area contributed by atoms with Gasteiger partial charge < -0.3 is 22.3 Å². The molecule has 250 valence electrons. The van der Waals surface area contributed by atoms with Crippen molar-refractivity contribution >= 4 is 24.2 Å². The van der Waals surface area contributed by atoms with E-state index in [1.54, 1.807) is 26.0 Å². The fourth-order valence-electron chi connectivity index (χ4n) is 7.18. The molecule has 4 aromatic rings. The number of carbonyl (C=O) groups excluding carboxylic acids is 1. The molecular formula is C38H44BF2N5O2. The summed E-state index contributed by atoms with van der Waals surface area (Å²) in [6, 6.07) is 19.1. The number of esters is 1. The van der Waals surface area contributed by atoms with Crippen molar-refractivity contribution in [3.05, 3.63) is 112 Å². The highest BCUT2D eigenvalue weighted by atomic mass is 19.2. The number of halogens is 2. The summed E-state index contributed by atoms with van der Waals surface area (Å²) in [5.41, 5.74) is 7.73. The smallest absolute Gasteiger partial charge is 0.462 e. The SMILES string of the molecule is CC1=CC(C)=[N+]2C1=C(c1ccc(C(=O)OCCCCCCCCCCn3cc(-c4ccccc4)nn3)cc1)c1c(C)cc(C)n1[B-]2(F)F. The van der Waals surface area contributed by atoms with Crippen molar-refractivity contribution in [2.75, 3.05) is 6.61 Å². The molecule has 6 rings (SSSR count). The standard InChI is InChI=1S/C38H44BF2N5O2/c1-27-24-29(3)45-36(27)35(37-28(2)25-30(4)46(37)39(45,40)41)32-18-20-33(21-19-32)38(47)48-23-15-10-8-6-5-7-9-14-22-44-26-34(42-43-44)31-16-12-11-13-17-31/h11-13,16-21,24-26H,5-10,14-15,22-23H2,1-4H3. The van der Waals surface area contributed by atoms with Gasteiger partial charge in [-0.15, -0.1) is 5.10 Å². The van der Waals surface area contributed by atoms with Crippen LogP contribution in [0.5, 0.6) is 0 Å². The molecule has 0 unspecified atom stereocenters. The number of aromatic nitrogens is 4. The van der Waals surface area contributed by atoms with Crippen LogP contribution in [-0.4, -0.2) is 49.2 Å². The molecule has 0 saturated heterocycles. The van der Waals surface area contributed by atoms with E-state index in [4.69, 9.17) is 4.74 Å². The van der Waals surface area contributed by atoms with E-state index in [0.29, 0.717) is 35.0 Å². The molecule has 0 aliphatic carbocycles. The predicted molar refractivity (Wildman–Crippen MR) is 187 cm³/mol. The van der Waals surface area contributed by atoms with E-state index in [9.17, 15) is 4.79 Å². The number of hydrogen-bond acceptors (Lipinski definition) is 4. The number of unbranched alkanes of at least 4 members (excludes halogenated alkanes) is 7. The molecule has 4 heterocycles. The number of allylic oxidation sites excluding steroid dienone is 2. The first kappa shape index (κ1) is 33.3. The molecule has 0 spiro atoms. The lowest BCUT2D eigenvalue weighted by atomic mass is 9.83. The van der Waals surface area contributed by atoms with E-state index < -0.39 is 6.97 Å². The zero-order valence-electron chi connectivity index (χ0n) is 28.4. The molecule has 10 heteroatoms. The van der Waals surface area contributed by atoms with Crippen LogP contribution in [0.3, 0.4) is 0 Å². The molecule has 7 nitrogen and oxygen atoms in total. The number of benzene rings is 2. The Morgan fingerprint density at radius 2 is 1.52 bits per heavy atom. The van der Waals surface area contributed by atoms with Gasteiger partial charge in [-0.2, -0.15) is 0 Å². The van der Waals surface area contributed by atoms with Gasteiger partial charge in [0.15, 0.2) is 5.70 Å². The van der Waals surface area contributed by atoms with E-state index in [1.807, 2.05) is 79.3 Å². The monoisotopic (exact) mass is 651 g/mol. The van der Waals surface area contributed by atoms with Crippen LogP contribution in [0.2, 0.25) is 0 Å². The minimum Gasteiger partial charge on any atom is -0.462 e. The molecule has 0 N–H and O–H groups in total. The van der Waals surface area contributed by atoms with E-state index in [-0.39, 0.29) is 5.97 Å². The number of fused-ring (bicyclic) bond motifs is 2. The Hall–Kier alpha value is -4.60. The topological polar surface area (TPSA) is 64.9 Å². The van der Waals surface area contributed by atoms with Crippen LogP contribution in [0.4, 0.5) is 8.63 Å². The first-order valence-electron chi connectivity index (χ1n) is 17.2. The second-order valence-electron chi connectivity index (χ2n) is 13.1. The molecule has 0 bridgehead atoms. The van der Waals surface area contributed by atoms with Gasteiger partial charge in [-0.25, -0.2) is 4.79 Å². The molecule has 0 fully saturated rings. The Kier molecular flexibility index (Phi) is 9.89. The largest absolute Gasteiger partial charge is 0.737 e. The van der Waals surface area contributed by atoms with Crippen LogP contribution in [0.25, 0.3) is 16.8 Å². The van der Waals surface area contributed by atoms with Crippen molar-refractivity contribution in [1.29, 1.82) is 0 Å². The van der Waals surface area contributed by atoms with E-state index in [1.165, 1.54) is 34.6 Å². The summed E-state index contributed by atoms with van der Waals surface area (Å²) < 4.78 is 41.6. The lowest BCUT2D eigenvalue weighted by Gasteiger charge is -2.34. The van der Waals surface area contributed by atoms with E-state index in [2.05, 4.69) is 10.3 Å². The van der Waals surface area contributed by atoms with Crippen LogP contribution < -0.4 is 0 Å². The second-order valence-corrected chi connectivity index (χ2v) is 13.1. The average molecular weight is 652 g/mol. The Balaban J connectivity index is 0.927. The molecule has 2 aliphatic rings.